The van der Waals surface area contributed by atoms with Crippen LogP contribution < -0.4 is 11.0 Å². The second-order valence-electron chi connectivity index (χ2n) is 9.92. The summed E-state index contributed by atoms with van der Waals surface area (Å²) in [5.41, 5.74) is 5.92. The lowest BCUT2D eigenvalue weighted by atomic mass is 10.1. The molecule has 0 radical (unpaired) electrons. The summed E-state index contributed by atoms with van der Waals surface area (Å²) in [6.45, 7) is 11.9. The second kappa shape index (κ2) is 11.5. The van der Waals surface area contributed by atoms with Gasteiger partial charge in [0.05, 0.1) is 0 Å². The molecular weight excluding hydrogens is 520 g/mol. The fraction of sp³-hybridized carbons (Fsp3) is 0.118. The van der Waals surface area contributed by atoms with Crippen molar-refractivity contribution in [2.75, 3.05) is 0 Å². The molecule has 0 atom stereocenters. The van der Waals surface area contributed by atoms with Gasteiger partial charge in [-0.25, -0.2) is 29.9 Å². The van der Waals surface area contributed by atoms with Crippen molar-refractivity contribution < 1.29 is 0 Å². The molecule has 42 heavy (non-hydrogen) atoms. The lowest BCUT2D eigenvalue weighted by molar-refractivity contribution is 0.922. The van der Waals surface area contributed by atoms with Gasteiger partial charge in [-0.3, -0.25) is 0 Å². The average molecular weight is 551 g/mol. The molecule has 0 saturated carbocycles. The third-order valence-corrected chi connectivity index (χ3v) is 7.05. The molecule has 2 aromatic carbocycles. The highest BCUT2D eigenvalue weighted by Gasteiger charge is 2.18. The molecule has 2 aromatic heterocycles. The van der Waals surface area contributed by atoms with Crippen LogP contribution in [0, 0.1) is 0 Å². The van der Waals surface area contributed by atoms with E-state index in [0.29, 0.717) is 58.4 Å². The van der Waals surface area contributed by atoms with E-state index in [9.17, 15) is 0 Å². The van der Waals surface area contributed by atoms with Gasteiger partial charge >= 0.3 is 0 Å². The van der Waals surface area contributed by atoms with E-state index in [1.54, 1.807) is 12.2 Å². The number of fused-ring (bicyclic) bond motifs is 12. The molecule has 2 aliphatic rings. The first-order valence-electron chi connectivity index (χ1n) is 13.8. The summed E-state index contributed by atoms with van der Waals surface area (Å²) in [7, 11) is 0. The van der Waals surface area contributed by atoms with Crippen LogP contribution in [0.15, 0.2) is 98.1 Å². The molecule has 206 valence electrons. The fourth-order valence-corrected chi connectivity index (χ4v) is 4.67. The van der Waals surface area contributed by atoms with Crippen LogP contribution in [0.4, 0.5) is 0 Å². The van der Waals surface area contributed by atoms with Crippen LogP contribution >= 0.6 is 0 Å². The minimum absolute atomic E-state index is 0.528. The molecule has 2 N–H and O–H groups in total. The zero-order chi connectivity index (χ0) is 29.1. The second-order valence-corrected chi connectivity index (χ2v) is 9.92. The molecule has 0 aliphatic carbocycles. The Morgan fingerprint density at radius 3 is 1.76 bits per heavy atom. The Morgan fingerprint density at radius 1 is 0.619 bits per heavy atom. The first-order valence-corrected chi connectivity index (χ1v) is 13.8. The van der Waals surface area contributed by atoms with E-state index in [-0.39, 0.29) is 0 Å². The number of nitrogens with one attached hydrogen (secondary N) is 2. The highest BCUT2D eigenvalue weighted by Crippen LogP contribution is 2.32. The average Bonchev–Trinajstić information content (AvgIpc) is 3.56. The van der Waals surface area contributed by atoms with Crippen LogP contribution in [0.3, 0.4) is 0 Å². The van der Waals surface area contributed by atoms with Crippen molar-refractivity contribution in [1.82, 2.24) is 39.9 Å². The summed E-state index contributed by atoms with van der Waals surface area (Å²) in [5.74, 6) is 2.33. The standard InChI is InChI=1S/C34H30N8/c1-5-21(3)29-38-30(22(4)6-2)40-34-26-18-14-12-16-24(26)32(42-34)37-28-20-10-8-7-9-19-27(35-28)36-31-23-15-11-13-17-25(23)33(39-29)41-31/h5-18,38H,1-2,19-20H2,3-4H3,(H,35,36,37,39,40,41,42)/b9-7-,10-8-,29-21-,30-22-. The molecule has 2 aliphatic heterocycles. The maximum absolute atomic E-state index is 5.04. The number of benzene rings is 2. The Kier molecular flexibility index (Phi) is 7.34. The summed E-state index contributed by atoms with van der Waals surface area (Å²) in [6, 6.07) is 16.0. The number of aromatic nitrogens is 8. The van der Waals surface area contributed by atoms with Crippen LogP contribution in [-0.4, -0.2) is 39.9 Å². The zero-order valence-corrected chi connectivity index (χ0v) is 23.6. The van der Waals surface area contributed by atoms with Crippen molar-refractivity contribution in [3.8, 4) is 22.8 Å². The van der Waals surface area contributed by atoms with Gasteiger partial charge in [0.15, 0.2) is 11.6 Å². The Labute approximate surface area is 243 Å². The van der Waals surface area contributed by atoms with E-state index < -0.39 is 0 Å². The Morgan fingerprint density at radius 2 is 1.14 bits per heavy atom. The van der Waals surface area contributed by atoms with Gasteiger partial charge in [0, 0.05) is 34.7 Å². The van der Waals surface area contributed by atoms with Gasteiger partial charge in [-0.2, -0.15) is 0 Å². The van der Waals surface area contributed by atoms with E-state index in [1.807, 2.05) is 86.7 Å². The van der Waals surface area contributed by atoms with Crippen LogP contribution in [0.5, 0.6) is 0 Å². The number of aromatic amines is 2. The number of allylic oxidation sites excluding steroid dienone is 6. The molecule has 6 rings (SSSR count). The number of hydrogen-bond acceptors (Lipinski definition) is 6. The fourth-order valence-electron chi connectivity index (χ4n) is 4.67. The molecule has 8 nitrogen and oxygen atoms in total. The van der Waals surface area contributed by atoms with Crippen molar-refractivity contribution in [3.05, 3.63) is 121 Å². The van der Waals surface area contributed by atoms with Gasteiger partial charge in [-0.05, 0) is 25.0 Å². The maximum atomic E-state index is 5.04. The maximum Gasteiger partial charge on any atom is 0.164 e. The monoisotopic (exact) mass is 550 g/mol. The van der Waals surface area contributed by atoms with E-state index in [2.05, 4.69) is 23.1 Å². The summed E-state index contributed by atoms with van der Waals surface area (Å²) in [5, 5.41) is 1.87. The molecule has 0 saturated heterocycles. The lowest BCUT2D eigenvalue weighted by Gasteiger charge is -1.98. The molecule has 0 spiro atoms. The van der Waals surface area contributed by atoms with Gasteiger partial charge in [0.25, 0.3) is 0 Å². The molecular formula is C34H30N8. The highest BCUT2D eigenvalue weighted by atomic mass is 15.0. The quantitative estimate of drug-likeness (QED) is 0.305. The van der Waals surface area contributed by atoms with Crippen molar-refractivity contribution in [2.45, 2.75) is 26.7 Å². The van der Waals surface area contributed by atoms with E-state index >= 15 is 0 Å². The first-order chi connectivity index (χ1) is 20.5. The number of rotatable bonds is 2. The minimum atomic E-state index is 0.528. The first kappa shape index (κ1) is 26.7. The molecule has 0 fully saturated rings. The highest BCUT2D eigenvalue weighted by molar-refractivity contribution is 6.04. The third-order valence-electron chi connectivity index (χ3n) is 7.05. The molecule has 6 bridgehead atoms. The SMILES string of the molecule is C=C/C(C)=c1\nc2nc(nc3nc(nc4[nH]c(n/c(=C(/C)C=C)[nH]1)c1ccccc41)C/C=C\C=C/C3)-c1ccccc1-2. The van der Waals surface area contributed by atoms with Crippen LogP contribution in [0.2, 0.25) is 0 Å². The smallest absolute Gasteiger partial charge is 0.164 e. The molecule has 4 heterocycles. The topological polar surface area (TPSA) is 109 Å². The van der Waals surface area contributed by atoms with Crippen molar-refractivity contribution >= 4 is 33.2 Å². The van der Waals surface area contributed by atoms with Crippen molar-refractivity contribution in [1.29, 1.82) is 0 Å². The van der Waals surface area contributed by atoms with Crippen LogP contribution in [-0.2, 0) is 12.8 Å². The predicted octanol–water partition coefficient (Wildman–Crippen LogP) is 5.40. The number of nitrogens with zero attached hydrogens (tertiary/aromatic N) is 6. The van der Waals surface area contributed by atoms with Crippen molar-refractivity contribution in [2.24, 2.45) is 0 Å². The number of hydrogen-bond donors (Lipinski definition) is 2. The van der Waals surface area contributed by atoms with Crippen LogP contribution in [0.25, 0.3) is 56.0 Å². The Bertz CT molecular complexity index is 2110. The Hall–Kier alpha value is -5.50. The van der Waals surface area contributed by atoms with Gasteiger partial charge in [0.1, 0.15) is 33.9 Å². The summed E-state index contributed by atoms with van der Waals surface area (Å²) >= 11 is 0. The zero-order valence-electron chi connectivity index (χ0n) is 23.6. The third kappa shape index (κ3) is 5.30. The van der Waals surface area contributed by atoms with Crippen LogP contribution in [0.1, 0.15) is 25.5 Å². The van der Waals surface area contributed by atoms with E-state index in [0.717, 1.165) is 33.0 Å². The van der Waals surface area contributed by atoms with Crippen molar-refractivity contribution in [3.63, 3.8) is 0 Å². The minimum Gasteiger partial charge on any atom is -0.324 e. The normalized spacial score (nSPS) is 15.6. The summed E-state index contributed by atoms with van der Waals surface area (Å²) in [6.07, 6.45) is 12.7. The van der Waals surface area contributed by atoms with Gasteiger partial charge in [-0.15, -0.1) is 0 Å². The summed E-state index contributed by atoms with van der Waals surface area (Å²) < 4.78 is 0. The van der Waals surface area contributed by atoms with Gasteiger partial charge < -0.3 is 9.97 Å². The largest absolute Gasteiger partial charge is 0.324 e. The van der Waals surface area contributed by atoms with E-state index in [1.165, 1.54) is 0 Å². The van der Waals surface area contributed by atoms with Gasteiger partial charge in [0.2, 0.25) is 0 Å². The molecule has 0 amide bonds. The predicted molar refractivity (Wildman–Crippen MR) is 169 cm³/mol. The summed E-state index contributed by atoms with van der Waals surface area (Å²) in [4.78, 5) is 36.7. The Balaban J connectivity index is 1.87. The lowest BCUT2D eigenvalue weighted by Crippen LogP contribution is -2.25. The molecule has 4 aromatic rings. The van der Waals surface area contributed by atoms with Gasteiger partial charge in [-0.1, -0.05) is 98.1 Å². The van der Waals surface area contributed by atoms with E-state index in [4.69, 9.17) is 29.9 Å². The molecule has 8 heteroatoms. The molecule has 0 unspecified atom stereocenters. The number of H-pyrrole nitrogens is 2.